The number of hydrogen-bond acceptors (Lipinski definition) is 3. The van der Waals surface area contributed by atoms with Crippen molar-refractivity contribution in [2.24, 2.45) is 0 Å². The summed E-state index contributed by atoms with van der Waals surface area (Å²) in [6.07, 6.45) is 0. The van der Waals surface area contributed by atoms with E-state index in [-0.39, 0.29) is 5.91 Å². The number of amides is 1. The zero-order chi connectivity index (χ0) is 9.42. The molecule has 0 aliphatic carbocycles. The third-order valence-corrected chi connectivity index (χ3v) is 2.43. The maximum atomic E-state index is 11.5. The van der Waals surface area contributed by atoms with Gasteiger partial charge in [0.15, 0.2) is 0 Å². The van der Waals surface area contributed by atoms with Crippen LogP contribution >= 0.6 is 12.8 Å². The monoisotopic (exact) mass is 195 g/mol. The van der Waals surface area contributed by atoms with E-state index in [0.29, 0.717) is 17.9 Å². The second-order valence-electron chi connectivity index (χ2n) is 2.89. The molecular weight excluding hydrogens is 186 g/mol. The zero-order valence-electron chi connectivity index (χ0n) is 7.15. The number of carbonyl (C=O) groups is 1. The summed E-state index contributed by atoms with van der Waals surface area (Å²) in [7, 11) is 1.58. The fraction of sp³-hybridized carbons (Fsp3) is 0.222. The van der Waals surface area contributed by atoms with Gasteiger partial charge in [-0.2, -0.15) is 0 Å². The summed E-state index contributed by atoms with van der Waals surface area (Å²) >= 11 is 4.04. The van der Waals surface area contributed by atoms with Gasteiger partial charge >= 0.3 is 0 Å². The Bertz CT molecular complexity index is 365. The Morgan fingerprint density at radius 3 is 3.00 bits per heavy atom. The van der Waals surface area contributed by atoms with Gasteiger partial charge < -0.3 is 4.74 Å². The van der Waals surface area contributed by atoms with E-state index in [1.54, 1.807) is 13.2 Å². The van der Waals surface area contributed by atoms with E-state index in [1.807, 2.05) is 12.1 Å². The lowest BCUT2D eigenvalue weighted by Gasteiger charge is -2.02. The lowest BCUT2D eigenvalue weighted by atomic mass is 10.1. The molecule has 0 fully saturated rings. The van der Waals surface area contributed by atoms with Gasteiger partial charge in [-0.1, -0.05) is 18.9 Å². The lowest BCUT2D eigenvalue weighted by Crippen LogP contribution is -2.11. The van der Waals surface area contributed by atoms with Crippen molar-refractivity contribution in [1.29, 1.82) is 0 Å². The van der Waals surface area contributed by atoms with Crippen LogP contribution in [0.1, 0.15) is 15.9 Å². The van der Waals surface area contributed by atoms with Crippen molar-refractivity contribution in [2.75, 3.05) is 7.11 Å². The second-order valence-corrected chi connectivity index (χ2v) is 3.37. The summed E-state index contributed by atoms with van der Waals surface area (Å²) < 4.78 is 6.42. The number of benzene rings is 1. The van der Waals surface area contributed by atoms with Crippen LogP contribution < -0.4 is 4.74 Å². The molecule has 1 aromatic rings. The van der Waals surface area contributed by atoms with Crippen molar-refractivity contribution in [3.8, 4) is 5.75 Å². The third-order valence-electron chi connectivity index (χ3n) is 2.10. The molecule has 0 unspecified atom stereocenters. The smallest absolute Gasteiger partial charge is 0.264 e. The van der Waals surface area contributed by atoms with Crippen molar-refractivity contribution in [1.82, 2.24) is 4.31 Å². The number of nitrogens with zero attached hydrogens (tertiary/aromatic N) is 1. The van der Waals surface area contributed by atoms with Gasteiger partial charge in [0.05, 0.1) is 13.7 Å². The minimum Gasteiger partial charge on any atom is -0.497 e. The van der Waals surface area contributed by atoms with Crippen LogP contribution in [0.5, 0.6) is 5.75 Å². The standard InChI is InChI=1S/C9H9NO2S/c1-12-7-3-2-6-5-10(13)9(11)8(6)4-7/h2-4,13H,5H2,1H3. The van der Waals surface area contributed by atoms with Gasteiger partial charge in [-0.25, -0.2) is 0 Å². The molecular formula is C9H9NO2S. The van der Waals surface area contributed by atoms with Gasteiger partial charge in [-0.05, 0) is 17.7 Å². The summed E-state index contributed by atoms with van der Waals surface area (Å²) in [6.45, 7) is 0.571. The van der Waals surface area contributed by atoms with E-state index in [0.717, 1.165) is 5.56 Å². The molecule has 0 atom stereocenters. The molecule has 1 amide bonds. The molecule has 2 rings (SSSR count). The summed E-state index contributed by atoms with van der Waals surface area (Å²) in [5.74, 6) is 0.646. The fourth-order valence-corrected chi connectivity index (χ4v) is 1.65. The Labute approximate surface area is 81.8 Å². The molecule has 1 aliphatic heterocycles. The Hall–Kier alpha value is -1.16. The van der Waals surface area contributed by atoms with Crippen molar-refractivity contribution in [2.45, 2.75) is 6.54 Å². The Balaban J connectivity index is 2.48. The average molecular weight is 195 g/mol. The predicted molar refractivity (Wildman–Crippen MR) is 51.9 cm³/mol. The van der Waals surface area contributed by atoms with Crippen LogP contribution in [0.3, 0.4) is 0 Å². The molecule has 1 heterocycles. The Morgan fingerprint density at radius 1 is 1.54 bits per heavy atom. The maximum absolute atomic E-state index is 11.5. The average Bonchev–Trinajstić information content (AvgIpc) is 2.43. The number of rotatable bonds is 1. The maximum Gasteiger partial charge on any atom is 0.264 e. The first-order chi connectivity index (χ1) is 6.22. The van der Waals surface area contributed by atoms with E-state index in [4.69, 9.17) is 4.74 Å². The van der Waals surface area contributed by atoms with E-state index in [1.165, 1.54) is 4.31 Å². The van der Waals surface area contributed by atoms with Crippen LogP contribution in [0.2, 0.25) is 0 Å². The van der Waals surface area contributed by atoms with Crippen LogP contribution in [0.25, 0.3) is 0 Å². The highest BCUT2D eigenvalue weighted by Crippen LogP contribution is 2.27. The molecule has 0 N–H and O–H groups in total. The molecule has 0 radical (unpaired) electrons. The molecule has 1 aromatic carbocycles. The van der Waals surface area contributed by atoms with Crippen LogP contribution in [0, 0.1) is 0 Å². The van der Waals surface area contributed by atoms with E-state index in [2.05, 4.69) is 12.8 Å². The molecule has 13 heavy (non-hydrogen) atoms. The minimum atomic E-state index is -0.0581. The Morgan fingerprint density at radius 2 is 2.31 bits per heavy atom. The van der Waals surface area contributed by atoms with Gasteiger partial charge in [0.2, 0.25) is 0 Å². The molecule has 0 saturated heterocycles. The highest BCUT2D eigenvalue weighted by atomic mass is 32.1. The van der Waals surface area contributed by atoms with E-state index in [9.17, 15) is 4.79 Å². The van der Waals surface area contributed by atoms with Crippen molar-refractivity contribution in [3.63, 3.8) is 0 Å². The number of fused-ring (bicyclic) bond motifs is 1. The quantitative estimate of drug-likeness (QED) is 0.688. The third kappa shape index (κ3) is 1.27. The normalized spacial score (nSPS) is 14.6. The minimum absolute atomic E-state index is 0.0581. The largest absolute Gasteiger partial charge is 0.497 e. The molecule has 1 aliphatic rings. The lowest BCUT2D eigenvalue weighted by molar-refractivity contribution is 0.0891. The molecule has 3 nitrogen and oxygen atoms in total. The Kier molecular flexibility index (Phi) is 1.92. The number of methoxy groups -OCH3 is 1. The SMILES string of the molecule is COc1ccc2c(c1)C(=O)N(S)C2. The van der Waals surface area contributed by atoms with Crippen LogP contribution in [0.15, 0.2) is 18.2 Å². The van der Waals surface area contributed by atoms with E-state index >= 15 is 0 Å². The van der Waals surface area contributed by atoms with Gasteiger partial charge in [0.1, 0.15) is 5.75 Å². The number of hydrogen-bond donors (Lipinski definition) is 1. The summed E-state index contributed by atoms with van der Waals surface area (Å²) in [4.78, 5) is 11.5. The summed E-state index contributed by atoms with van der Waals surface area (Å²) in [6, 6.07) is 5.48. The number of ether oxygens (including phenoxy) is 1. The first-order valence-corrected chi connectivity index (χ1v) is 4.30. The van der Waals surface area contributed by atoms with Gasteiger partial charge in [0.25, 0.3) is 5.91 Å². The molecule has 4 heteroatoms. The second kappa shape index (κ2) is 2.96. The van der Waals surface area contributed by atoms with Crippen molar-refractivity contribution >= 4 is 18.7 Å². The van der Waals surface area contributed by atoms with Gasteiger partial charge in [0, 0.05) is 5.56 Å². The molecule has 0 saturated carbocycles. The molecule has 0 aromatic heterocycles. The van der Waals surface area contributed by atoms with Crippen LogP contribution in [-0.2, 0) is 6.54 Å². The molecule has 0 bridgehead atoms. The van der Waals surface area contributed by atoms with Crippen LogP contribution in [0.4, 0.5) is 0 Å². The summed E-state index contributed by atoms with van der Waals surface area (Å²) in [5.41, 5.74) is 1.69. The first-order valence-electron chi connectivity index (χ1n) is 3.90. The number of carbonyl (C=O) groups excluding carboxylic acids is 1. The number of thiol groups is 1. The fourth-order valence-electron chi connectivity index (χ4n) is 1.39. The van der Waals surface area contributed by atoms with Crippen molar-refractivity contribution < 1.29 is 9.53 Å². The highest BCUT2D eigenvalue weighted by molar-refractivity contribution is 7.78. The van der Waals surface area contributed by atoms with Gasteiger partial charge in [-0.3, -0.25) is 9.10 Å². The summed E-state index contributed by atoms with van der Waals surface area (Å²) in [5, 5.41) is 0. The van der Waals surface area contributed by atoms with Gasteiger partial charge in [-0.15, -0.1) is 0 Å². The topological polar surface area (TPSA) is 29.5 Å². The van der Waals surface area contributed by atoms with Crippen molar-refractivity contribution in [3.05, 3.63) is 29.3 Å². The first kappa shape index (κ1) is 8.44. The van der Waals surface area contributed by atoms with E-state index < -0.39 is 0 Å². The highest BCUT2D eigenvalue weighted by Gasteiger charge is 2.25. The van der Waals surface area contributed by atoms with Crippen LogP contribution in [-0.4, -0.2) is 17.3 Å². The zero-order valence-corrected chi connectivity index (χ0v) is 8.04. The molecule has 68 valence electrons. The molecule has 0 spiro atoms. The predicted octanol–water partition coefficient (Wildman–Crippen LogP) is 1.50.